The van der Waals surface area contributed by atoms with Crippen LogP contribution in [-0.4, -0.2) is 75.4 Å². The van der Waals surface area contributed by atoms with Gasteiger partial charge < -0.3 is 23.7 Å². The Bertz CT molecular complexity index is 561. The van der Waals surface area contributed by atoms with Crippen molar-refractivity contribution in [3.05, 3.63) is 50.6 Å². The van der Waals surface area contributed by atoms with Crippen molar-refractivity contribution in [2.45, 2.75) is 38.3 Å². The summed E-state index contributed by atoms with van der Waals surface area (Å²) >= 11 is 0. The van der Waals surface area contributed by atoms with Gasteiger partial charge in [-0.15, -0.1) is 0 Å². The monoisotopic (exact) mass is 466 g/mol. The second-order valence-corrected chi connectivity index (χ2v) is 6.56. The smallest absolute Gasteiger partial charge is 0.180 e. The van der Waals surface area contributed by atoms with E-state index in [0.29, 0.717) is 0 Å². The van der Waals surface area contributed by atoms with E-state index in [2.05, 4.69) is 26.3 Å². The van der Waals surface area contributed by atoms with E-state index in [9.17, 15) is 19.2 Å². The Labute approximate surface area is 195 Å². The molecule has 0 saturated carbocycles. The first-order chi connectivity index (χ1) is 15.9. The third kappa shape index (κ3) is 17.6. The molecule has 0 rings (SSSR count). The van der Waals surface area contributed by atoms with Crippen LogP contribution >= 0.6 is 0 Å². The lowest BCUT2D eigenvalue weighted by molar-refractivity contribution is -0.206. The van der Waals surface area contributed by atoms with Gasteiger partial charge in [0, 0.05) is 25.7 Å². The average Bonchev–Trinajstić information content (AvgIpc) is 2.82. The molecule has 184 valence electrons. The van der Waals surface area contributed by atoms with Crippen LogP contribution in [0.1, 0.15) is 25.7 Å². The zero-order valence-electron chi connectivity index (χ0n) is 19.0. The lowest BCUT2D eigenvalue weighted by atomic mass is 10.3. The van der Waals surface area contributed by atoms with Crippen LogP contribution in [0.4, 0.5) is 0 Å². The number of allylic oxidation sites excluding steroid dienone is 4. The van der Waals surface area contributed by atoms with E-state index >= 15 is 0 Å². The topological polar surface area (TPSA) is 114 Å². The lowest BCUT2D eigenvalue weighted by Gasteiger charge is -2.21. The van der Waals surface area contributed by atoms with E-state index in [4.69, 9.17) is 23.7 Å². The van der Waals surface area contributed by atoms with Gasteiger partial charge in [-0.3, -0.25) is 19.2 Å². The molecule has 0 aliphatic rings. The van der Waals surface area contributed by atoms with E-state index in [0.717, 1.165) is 0 Å². The van der Waals surface area contributed by atoms with Crippen molar-refractivity contribution < 1.29 is 42.9 Å². The normalized spacial score (nSPS) is 10.7. The molecule has 0 aliphatic carbocycles. The summed E-state index contributed by atoms with van der Waals surface area (Å²) in [4.78, 5) is 45.4. The minimum Gasteiger partial charge on any atom is -0.371 e. The van der Waals surface area contributed by atoms with Crippen LogP contribution in [0.3, 0.4) is 0 Å². The van der Waals surface area contributed by atoms with Crippen molar-refractivity contribution in [1.82, 2.24) is 0 Å². The summed E-state index contributed by atoms with van der Waals surface area (Å²) < 4.78 is 27.7. The molecular formula is C24H34O9. The van der Waals surface area contributed by atoms with E-state index in [1.165, 1.54) is 24.3 Å². The van der Waals surface area contributed by atoms with Gasteiger partial charge in [0.25, 0.3) is 0 Å². The van der Waals surface area contributed by atoms with Gasteiger partial charge in [-0.2, -0.15) is 0 Å². The summed E-state index contributed by atoms with van der Waals surface area (Å²) in [5.41, 5.74) is 0. The molecule has 0 heterocycles. The number of hydrogen-bond acceptors (Lipinski definition) is 9. The molecule has 0 fully saturated rings. The standard InChI is InChI=1S/C24H34O9/c1-5-19(25)9-13-30-23(31-14-10-20(26)6-2)17-29-18-24(32-15-11-21(27)7-3)33-16-12-22(28)8-4/h5-8,23-24H,1-4,9-18H2. The fourth-order valence-corrected chi connectivity index (χ4v) is 2.12. The molecule has 0 bridgehead atoms. The van der Waals surface area contributed by atoms with Gasteiger partial charge in [-0.1, -0.05) is 26.3 Å². The third-order valence-electron chi connectivity index (χ3n) is 4.03. The average molecular weight is 467 g/mol. The first kappa shape index (κ1) is 30.4. The Morgan fingerprint density at radius 1 is 0.515 bits per heavy atom. The van der Waals surface area contributed by atoms with Crippen molar-refractivity contribution in [2.75, 3.05) is 39.6 Å². The molecule has 33 heavy (non-hydrogen) atoms. The summed E-state index contributed by atoms with van der Waals surface area (Å²) in [5.74, 6) is -0.717. The van der Waals surface area contributed by atoms with Crippen LogP contribution in [0.2, 0.25) is 0 Å². The van der Waals surface area contributed by atoms with Crippen LogP contribution < -0.4 is 0 Å². The lowest BCUT2D eigenvalue weighted by Crippen LogP contribution is -2.30. The van der Waals surface area contributed by atoms with Gasteiger partial charge in [0.1, 0.15) is 0 Å². The maximum Gasteiger partial charge on any atom is 0.180 e. The summed E-state index contributed by atoms with van der Waals surface area (Å²) in [6, 6.07) is 0. The zero-order valence-corrected chi connectivity index (χ0v) is 19.0. The quantitative estimate of drug-likeness (QED) is 0.156. The predicted octanol–water partition coefficient (Wildman–Crippen LogP) is 2.30. The highest BCUT2D eigenvalue weighted by atomic mass is 16.7. The van der Waals surface area contributed by atoms with E-state index in [-0.39, 0.29) is 88.5 Å². The van der Waals surface area contributed by atoms with Crippen LogP contribution in [0, 0.1) is 0 Å². The fourth-order valence-electron chi connectivity index (χ4n) is 2.12. The molecule has 0 radical (unpaired) electrons. The number of ether oxygens (including phenoxy) is 5. The van der Waals surface area contributed by atoms with Gasteiger partial charge in [0.2, 0.25) is 0 Å². The van der Waals surface area contributed by atoms with Crippen LogP contribution in [-0.2, 0) is 42.9 Å². The summed E-state index contributed by atoms with van der Waals surface area (Å²) in [6.07, 6.45) is 3.61. The van der Waals surface area contributed by atoms with Gasteiger partial charge in [0.05, 0.1) is 39.6 Å². The molecule has 0 spiro atoms. The number of rotatable bonds is 24. The molecule has 0 atom stereocenters. The number of carbonyl (C=O) groups excluding carboxylic acids is 4. The molecule has 0 saturated heterocycles. The van der Waals surface area contributed by atoms with Crippen molar-refractivity contribution in [3.63, 3.8) is 0 Å². The van der Waals surface area contributed by atoms with Crippen LogP contribution in [0.15, 0.2) is 50.6 Å². The minimum atomic E-state index is -0.842. The Kier molecular flexibility index (Phi) is 18.5. The summed E-state index contributed by atoms with van der Waals surface area (Å²) in [6.45, 7) is 13.8. The van der Waals surface area contributed by atoms with E-state index in [1.54, 1.807) is 0 Å². The molecule has 0 N–H and O–H groups in total. The van der Waals surface area contributed by atoms with Crippen molar-refractivity contribution in [1.29, 1.82) is 0 Å². The Morgan fingerprint density at radius 3 is 0.970 bits per heavy atom. The van der Waals surface area contributed by atoms with Gasteiger partial charge >= 0.3 is 0 Å². The van der Waals surface area contributed by atoms with Crippen molar-refractivity contribution >= 4 is 23.1 Å². The maximum absolute atomic E-state index is 11.4. The van der Waals surface area contributed by atoms with E-state index < -0.39 is 12.6 Å². The highest BCUT2D eigenvalue weighted by molar-refractivity contribution is 5.90. The Hall–Kier alpha value is -2.56. The van der Waals surface area contributed by atoms with Crippen molar-refractivity contribution in [3.8, 4) is 0 Å². The third-order valence-corrected chi connectivity index (χ3v) is 4.03. The molecule has 0 aromatic carbocycles. The fraction of sp³-hybridized carbons (Fsp3) is 0.500. The van der Waals surface area contributed by atoms with Gasteiger partial charge in [0.15, 0.2) is 35.7 Å². The molecule has 0 aromatic rings. The van der Waals surface area contributed by atoms with E-state index in [1.807, 2.05) is 0 Å². The SMILES string of the molecule is C=CC(=O)CCOC(COCC(OCCC(=O)C=C)OCCC(=O)C=C)OCCC(=O)C=C. The highest BCUT2D eigenvalue weighted by Gasteiger charge is 2.16. The predicted molar refractivity (Wildman–Crippen MR) is 121 cm³/mol. The first-order valence-corrected chi connectivity index (χ1v) is 10.5. The van der Waals surface area contributed by atoms with Crippen LogP contribution in [0.25, 0.3) is 0 Å². The second-order valence-electron chi connectivity index (χ2n) is 6.56. The second kappa shape index (κ2) is 20.1. The Balaban J connectivity index is 4.70. The van der Waals surface area contributed by atoms with Gasteiger partial charge in [-0.05, 0) is 24.3 Å². The minimum absolute atomic E-state index is 0.0367. The molecule has 0 unspecified atom stereocenters. The largest absolute Gasteiger partial charge is 0.371 e. The zero-order chi connectivity index (χ0) is 24.9. The number of carbonyl (C=O) groups is 4. The Morgan fingerprint density at radius 2 is 0.758 bits per heavy atom. The summed E-state index contributed by atoms with van der Waals surface area (Å²) in [7, 11) is 0. The van der Waals surface area contributed by atoms with Gasteiger partial charge in [-0.25, -0.2) is 0 Å². The van der Waals surface area contributed by atoms with Crippen LogP contribution in [0.5, 0.6) is 0 Å². The molecule has 9 heteroatoms. The number of ketones is 4. The molecule has 0 aromatic heterocycles. The number of hydrogen-bond donors (Lipinski definition) is 0. The molecule has 0 amide bonds. The highest BCUT2D eigenvalue weighted by Crippen LogP contribution is 2.05. The maximum atomic E-state index is 11.4. The molecule has 9 nitrogen and oxygen atoms in total. The molecular weight excluding hydrogens is 432 g/mol. The summed E-state index contributed by atoms with van der Waals surface area (Å²) in [5, 5.41) is 0. The molecule has 0 aliphatic heterocycles. The van der Waals surface area contributed by atoms with Crippen molar-refractivity contribution in [2.24, 2.45) is 0 Å². The first-order valence-electron chi connectivity index (χ1n) is 10.5.